The van der Waals surface area contributed by atoms with E-state index in [0.29, 0.717) is 28.9 Å². The zero-order valence-electron chi connectivity index (χ0n) is 11.6. The standard InChI is InChI=1S/C13H15ClN6/c1-8(2)13-19-18-11(20(13)3)7-17-12-10(14)4-9(5-15)6-16-12/h4,6,8H,7H2,1-3H3,(H,16,17). The molecule has 0 bridgehead atoms. The third-order valence-corrected chi connectivity index (χ3v) is 3.19. The molecule has 0 atom stereocenters. The Bertz CT molecular complexity index is 655. The Morgan fingerprint density at radius 2 is 2.20 bits per heavy atom. The molecule has 0 unspecified atom stereocenters. The maximum atomic E-state index is 8.76. The van der Waals surface area contributed by atoms with E-state index < -0.39 is 0 Å². The molecule has 0 aliphatic carbocycles. The van der Waals surface area contributed by atoms with Crippen molar-refractivity contribution in [2.45, 2.75) is 26.3 Å². The van der Waals surface area contributed by atoms with Gasteiger partial charge in [-0.05, 0) is 6.07 Å². The summed E-state index contributed by atoms with van der Waals surface area (Å²) in [5.41, 5.74) is 0.432. The van der Waals surface area contributed by atoms with E-state index >= 15 is 0 Å². The van der Waals surface area contributed by atoms with Crippen LogP contribution in [0.2, 0.25) is 5.02 Å². The van der Waals surface area contributed by atoms with E-state index in [1.165, 1.54) is 6.20 Å². The Kier molecular flexibility index (Phi) is 4.20. The van der Waals surface area contributed by atoms with Crippen LogP contribution in [0, 0.1) is 11.3 Å². The summed E-state index contributed by atoms with van der Waals surface area (Å²) in [6.07, 6.45) is 1.48. The highest BCUT2D eigenvalue weighted by atomic mass is 35.5. The molecule has 0 spiro atoms. The number of nitrogens with zero attached hydrogens (tertiary/aromatic N) is 5. The van der Waals surface area contributed by atoms with E-state index in [-0.39, 0.29) is 0 Å². The van der Waals surface area contributed by atoms with E-state index in [4.69, 9.17) is 16.9 Å². The van der Waals surface area contributed by atoms with Crippen LogP contribution in [0.15, 0.2) is 12.3 Å². The van der Waals surface area contributed by atoms with Crippen LogP contribution in [-0.2, 0) is 13.6 Å². The fourth-order valence-corrected chi connectivity index (χ4v) is 2.06. The van der Waals surface area contributed by atoms with Gasteiger partial charge in [0.2, 0.25) is 0 Å². The van der Waals surface area contributed by atoms with Crippen molar-refractivity contribution in [1.29, 1.82) is 5.26 Å². The second-order valence-corrected chi connectivity index (χ2v) is 5.12. The van der Waals surface area contributed by atoms with Crippen LogP contribution in [0.1, 0.15) is 37.0 Å². The second-order valence-electron chi connectivity index (χ2n) is 4.71. The minimum Gasteiger partial charge on any atom is -0.362 e. The van der Waals surface area contributed by atoms with Gasteiger partial charge in [0.1, 0.15) is 17.7 Å². The number of halogens is 1. The zero-order chi connectivity index (χ0) is 14.7. The lowest BCUT2D eigenvalue weighted by Crippen LogP contribution is -2.09. The lowest BCUT2D eigenvalue weighted by molar-refractivity contribution is 0.692. The molecule has 2 aromatic rings. The van der Waals surface area contributed by atoms with Crippen LogP contribution in [0.4, 0.5) is 5.82 Å². The largest absolute Gasteiger partial charge is 0.362 e. The van der Waals surface area contributed by atoms with Gasteiger partial charge in [-0.2, -0.15) is 5.26 Å². The summed E-state index contributed by atoms with van der Waals surface area (Å²) >= 11 is 6.05. The molecule has 1 N–H and O–H groups in total. The number of pyridine rings is 1. The SMILES string of the molecule is CC(C)c1nnc(CNc2ncc(C#N)cc2Cl)n1C. The molecule has 2 heterocycles. The highest BCUT2D eigenvalue weighted by Gasteiger charge is 2.12. The highest BCUT2D eigenvalue weighted by molar-refractivity contribution is 6.33. The van der Waals surface area contributed by atoms with Gasteiger partial charge in [-0.3, -0.25) is 0 Å². The molecule has 2 rings (SSSR count). The quantitative estimate of drug-likeness (QED) is 0.935. The molecular formula is C13H15ClN6. The molecule has 104 valence electrons. The summed E-state index contributed by atoms with van der Waals surface area (Å²) in [6.45, 7) is 4.61. The maximum Gasteiger partial charge on any atom is 0.152 e. The molecule has 0 amide bonds. The van der Waals surface area contributed by atoms with Gasteiger partial charge in [-0.1, -0.05) is 25.4 Å². The molecule has 2 aromatic heterocycles. The molecule has 6 nitrogen and oxygen atoms in total. The first-order valence-corrected chi connectivity index (χ1v) is 6.58. The van der Waals surface area contributed by atoms with Crippen molar-refractivity contribution in [3.8, 4) is 6.07 Å². The van der Waals surface area contributed by atoms with Crippen molar-refractivity contribution >= 4 is 17.4 Å². The van der Waals surface area contributed by atoms with Gasteiger partial charge in [0.05, 0.1) is 17.1 Å². The van der Waals surface area contributed by atoms with Crippen LogP contribution in [0.3, 0.4) is 0 Å². The predicted octanol–water partition coefficient (Wildman–Crippen LogP) is 2.47. The number of nitrogens with one attached hydrogen (secondary N) is 1. The first-order valence-electron chi connectivity index (χ1n) is 6.20. The van der Waals surface area contributed by atoms with Gasteiger partial charge in [0.15, 0.2) is 5.82 Å². The van der Waals surface area contributed by atoms with Crippen molar-refractivity contribution in [2.75, 3.05) is 5.32 Å². The molecule has 0 fully saturated rings. The molecule has 7 heteroatoms. The minimum absolute atomic E-state index is 0.317. The number of hydrogen-bond acceptors (Lipinski definition) is 5. The van der Waals surface area contributed by atoms with Crippen LogP contribution < -0.4 is 5.32 Å². The topological polar surface area (TPSA) is 79.4 Å². The Hall–Kier alpha value is -2.13. The van der Waals surface area contributed by atoms with Crippen molar-refractivity contribution < 1.29 is 0 Å². The first-order chi connectivity index (χ1) is 9.52. The minimum atomic E-state index is 0.317. The molecule has 0 aliphatic heterocycles. The van der Waals surface area contributed by atoms with Crippen molar-refractivity contribution in [3.05, 3.63) is 34.5 Å². The Labute approximate surface area is 122 Å². The predicted molar refractivity (Wildman–Crippen MR) is 76.4 cm³/mol. The van der Waals surface area contributed by atoms with Crippen LogP contribution in [0.25, 0.3) is 0 Å². The summed E-state index contributed by atoms with van der Waals surface area (Å²) < 4.78 is 1.95. The molecule has 0 aliphatic rings. The molecule has 0 saturated heterocycles. The van der Waals surface area contributed by atoms with E-state index in [9.17, 15) is 0 Å². The van der Waals surface area contributed by atoms with Gasteiger partial charge >= 0.3 is 0 Å². The number of hydrogen-bond donors (Lipinski definition) is 1. The monoisotopic (exact) mass is 290 g/mol. The smallest absolute Gasteiger partial charge is 0.152 e. The zero-order valence-corrected chi connectivity index (χ0v) is 12.3. The molecular weight excluding hydrogens is 276 g/mol. The van der Waals surface area contributed by atoms with Gasteiger partial charge in [-0.15, -0.1) is 10.2 Å². The number of anilines is 1. The Morgan fingerprint density at radius 1 is 1.45 bits per heavy atom. The average Bonchev–Trinajstić information content (AvgIpc) is 2.78. The number of aromatic nitrogens is 4. The Balaban J connectivity index is 2.11. The van der Waals surface area contributed by atoms with Crippen LogP contribution in [0.5, 0.6) is 0 Å². The second kappa shape index (κ2) is 5.88. The normalized spacial score (nSPS) is 10.6. The van der Waals surface area contributed by atoms with E-state index in [0.717, 1.165) is 11.6 Å². The molecule has 20 heavy (non-hydrogen) atoms. The lowest BCUT2D eigenvalue weighted by Gasteiger charge is -2.08. The first kappa shape index (κ1) is 14.3. The molecule has 0 aromatic carbocycles. The molecule has 0 saturated carbocycles. The average molecular weight is 291 g/mol. The van der Waals surface area contributed by atoms with E-state index in [2.05, 4.69) is 34.3 Å². The van der Waals surface area contributed by atoms with Crippen molar-refractivity contribution in [3.63, 3.8) is 0 Å². The summed E-state index contributed by atoms with van der Waals surface area (Å²) in [7, 11) is 1.93. The third-order valence-electron chi connectivity index (χ3n) is 2.90. The van der Waals surface area contributed by atoms with Gasteiger partial charge in [0, 0.05) is 19.2 Å². The van der Waals surface area contributed by atoms with Gasteiger partial charge < -0.3 is 9.88 Å². The molecule has 0 radical (unpaired) electrons. The van der Waals surface area contributed by atoms with Crippen molar-refractivity contribution in [1.82, 2.24) is 19.7 Å². The number of rotatable bonds is 4. The third kappa shape index (κ3) is 2.89. The lowest BCUT2D eigenvalue weighted by atomic mass is 10.2. The Morgan fingerprint density at radius 3 is 2.75 bits per heavy atom. The van der Waals surface area contributed by atoms with Gasteiger partial charge in [-0.25, -0.2) is 4.98 Å². The van der Waals surface area contributed by atoms with E-state index in [1.54, 1.807) is 6.07 Å². The van der Waals surface area contributed by atoms with Gasteiger partial charge in [0.25, 0.3) is 0 Å². The summed E-state index contributed by atoms with van der Waals surface area (Å²) in [5, 5.41) is 20.6. The highest BCUT2D eigenvalue weighted by Crippen LogP contribution is 2.20. The van der Waals surface area contributed by atoms with Crippen LogP contribution in [-0.4, -0.2) is 19.7 Å². The summed E-state index contributed by atoms with van der Waals surface area (Å²) in [5.74, 6) is 2.58. The van der Waals surface area contributed by atoms with Crippen LogP contribution >= 0.6 is 11.6 Å². The fourth-order valence-electron chi connectivity index (χ4n) is 1.82. The number of nitriles is 1. The summed E-state index contributed by atoms with van der Waals surface area (Å²) in [4.78, 5) is 4.11. The van der Waals surface area contributed by atoms with E-state index in [1.807, 2.05) is 17.7 Å². The fraction of sp³-hybridized carbons (Fsp3) is 0.385. The maximum absolute atomic E-state index is 8.76. The van der Waals surface area contributed by atoms with Crippen molar-refractivity contribution in [2.24, 2.45) is 7.05 Å². The summed E-state index contributed by atoms with van der Waals surface area (Å²) in [6, 6.07) is 3.57.